The summed E-state index contributed by atoms with van der Waals surface area (Å²) >= 11 is 0. The molecule has 2 fully saturated rings. The summed E-state index contributed by atoms with van der Waals surface area (Å²) in [5, 5.41) is 87.2. The van der Waals surface area contributed by atoms with E-state index in [0.29, 0.717) is 6.42 Å². The molecule has 14 heteroatoms. The lowest BCUT2D eigenvalue weighted by Crippen LogP contribution is -2.65. The number of nitrogens with one attached hydrogen (secondary N) is 1. The maximum absolute atomic E-state index is 13.3. The van der Waals surface area contributed by atoms with E-state index in [2.05, 4.69) is 55.6 Å². The third kappa shape index (κ3) is 34.4. The van der Waals surface area contributed by atoms with Crippen LogP contribution in [0.25, 0.3) is 0 Å². The van der Waals surface area contributed by atoms with Crippen molar-refractivity contribution in [3.05, 3.63) is 48.6 Å². The van der Waals surface area contributed by atoms with Crippen LogP contribution in [0.15, 0.2) is 48.6 Å². The number of amides is 1. The molecular formula is C64H117NO13. The Morgan fingerprint density at radius 3 is 1.29 bits per heavy atom. The average Bonchev–Trinajstić information content (AvgIpc) is 3.44. The fourth-order valence-corrected chi connectivity index (χ4v) is 10.4. The van der Waals surface area contributed by atoms with Crippen molar-refractivity contribution in [1.29, 1.82) is 0 Å². The number of allylic oxidation sites excluding steroid dienone is 7. The van der Waals surface area contributed by atoms with Gasteiger partial charge in [0.2, 0.25) is 5.91 Å². The van der Waals surface area contributed by atoms with Gasteiger partial charge in [-0.2, -0.15) is 0 Å². The fourth-order valence-electron chi connectivity index (χ4n) is 10.4. The second-order valence-electron chi connectivity index (χ2n) is 22.5. The van der Waals surface area contributed by atoms with Gasteiger partial charge >= 0.3 is 0 Å². The van der Waals surface area contributed by atoms with E-state index in [4.69, 9.17) is 18.9 Å². The Morgan fingerprint density at radius 1 is 0.462 bits per heavy atom. The summed E-state index contributed by atoms with van der Waals surface area (Å²) in [6.45, 7) is 2.80. The molecule has 0 radical (unpaired) electrons. The highest BCUT2D eigenvalue weighted by molar-refractivity contribution is 5.76. The molecular weight excluding hydrogens is 991 g/mol. The third-order valence-corrected chi connectivity index (χ3v) is 15.5. The van der Waals surface area contributed by atoms with E-state index >= 15 is 0 Å². The van der Waals surface area contributed by atoms with Gasteiger partial charge in [0.05, 0.1) is 32.0 Å². The summed E-state index contributed by atoms with van der Waals surface area (Å²) in [6, 6.07) is -0.917. The van der Waals surface area contributed by atoms with Gasteiger partial charge in [0, 0.05) is 6.42 Å². The molecule has 1 amide bonds. The van der Waals surface area contributed by atoms with Crippen molar-refractivity contribution in [2.45, 2.75) is 331 Å². The Balaban J connectivity index is 1.72. The zero-order valence-electron chi connectivity index (χ0n) is 49.2. The van der Waals surface area contributed by atoms with Crippen LogP contribution >= 0.6 is 0 Å². The molecule has 0 spiro atoms. The minimum Gasteiger partial charge on any atom is -0.394 e. The molecule has 0 saturated carbocycles. The molecule has 2 saturated heterocycles. The number of ether oxygens (including phenoxy) is 4. The largest absolute Gasteiger partial charge is 0.394 e. The summed E-state index contributed by atoms with van der Waals surface area (Å²) < 4.78 is 22.8. The summed E-state index contributed by atoms with van der Waals surface area (Å²) in [6.07, 6.45) is 45.7. The monoisotopic (exact) mass is 1110 g/mol. The van der Waals surface area contributed by atoms with Crippen LogP contribution in [-0.2, 0) is 23.7 Å². The van der Waals surface area contributed by atoms with Gasteiger partial charge in [0.15, 0.2) is 12.6 Å². The summed E-state index contributed by atoms with van der Waals surface area (Å²) in [5.74, 6) is -0.240. The number of aliphatic hydroxyl groups is 8. The topological polar surface area (TPSA) is 228 Å². The highest BCUT2D eigenvalue weighted by Gasteiger charge is 2.51. The van der Waals surface area contributed by atoms with E-state index in [0.717, 1.165) is 51.4 Å². The van der Waals surface area contributed by atoms with Crippen molar-refractivity contribution in [2.75, 3.05) is 19.8 Å². The van der Waals surface area contributed by atoms with Gasteiger partial charge < -0.3 is 65.1 Å². The van der Waals surface area contributed by atoms with Gasteiger partial charge in [0.1, 0.15) is 48.8 Å². The van der Waals surface area contributed by atoms with Crippen LogP contribution in [-0.4, -0.2) is 140 Å². The SMILES string of the molecule is CCCCCCC/C=C\C/C=C\C/C=C\CCCCCCCCCCCCCCC(=O)NC(COC1OC(CO)C(OC2OC(CO)C(O)C(O)C2O)C(O)C1O)C(O)/C=C/CCCCCCCCCCCCCCCCC. The summed E-state index contributed by atoms with van der Waals surface area (Å²) in [4.78, 5) is 13.3. The molecule has 0 aliphatic carbocycles. The second kappa shape index (κ2) is 49.5. The number of carbonyl (C=O) groups is 1. The van der Waals surface area contributed by atoms with Crippen molar-refractivity contribution < 1.29 is 64.6 Å². The lowest BCUT2D eigenvalue weighted by molar-refractivity contribution is -0.359. The van der Waals surface area contributed by atoms with E-state index in [-0.39, 0.29) is 18.9 Å². The molecule has 14 nitrogen and oxygen atoms in total. The van der Waals surface area contributed by atoms with Gasteiger partial charge in [-0.05, 0) is 57.8 Å². The molecule has 12 atom stereocenters. The number of rotatable bonds is 51. The highest BCUT2D eigenvalue weighted by atomic mass is 16.7. The normalized spacial score (nSPS) is 24.8. The van der Waals surface area contributed by atoms with E-state index in [1.165, 1.54) is 180 Å². The Kier molecular flexibility index (Phi) is 45.8. The summed E-state index contributed by atoms with van der Waals surface area (Å²) in [5.41, 5.74) is 0. The van der Waals surface area contributed by atoms with E-state index < -0.39 is 86.8 Å². The predicted octanol–water partition coefficient (Wildman–Crippen LogP) is 11.6. The minimum absolute atomic E-state index is 0.240. The molecule has 0 bridgehead atoms. The van der Waals surface area contributed by atoms with Gasteiger partial charge in [0.25, 0.3) is 0 Å². The first kappa shape index (κ1) is 72.1. The predicted molar refractivity (Wildman–Crippen MR) is 314 cm³/mol. The van der Waals surface area contributed by atoms with Crippen molar-refractivity contribution in [3.63, 3.8) is 0 Å². The van der Waals surface area contributed by atoms with Crippen LogP contribution in [0.2, 0.25) is 0 Å². The molecule has 0 aromatic rings. The zero-order chi connectivity index (χ0) is 56.7. The van der Waals surface area contributed by atoms with Crippen LogP contribution in [0.5, 0.6) is 0 Å². The first-order valence-electron chi connectivity index (χ1n) is 31.9. The molecule has 2 aliphatic heterocycles. The van der Waals surface area contributed by atoms with Crippen LogP contribution in [0.3, 0.4) is 0 Å². The molecule has 2 aliphatic rings. The molecule has 0 aromatic carbocycles. The highest BCUT2D eigenvalue weighted by Crippen LogP contribution is 2.30. The Morgan fingerprint density at radius 2 is 0.846 bits per heavy atom. The average molecular weight is 1110 g/mol. The van der Waals surface area contributed by atoms with E-state index in [9.17, 15) is 45.6 Å². The first-order chi connectivity index (χ1) is 38.1. The van der Waals surface area contributed by atoms with Crippen molar-refractivity contribution in [1.82, 2.24) is 5.32 Å². The minimum atomic E-state index is -1.79. The van der Waals surface area contributed by atoms with Gasteiger partial charge in [-0.3, -0.25) is 4.79 Å². The number of hydrogen-bond donors (Lipinski definition) is 9. The van der Waals surface area contributed by atoms with Crippen molar-refractivity contribution in [2.24, 2.45) is 0 Å². The van der Waals surface area contributed by atoms with E-state index in [1.807, 2.05) is 6.08 Å². The summed E-state index contributed by atoms with van der Waals surface area (Å²) in [7, 11) is 0. The van der Waals surface area contributed by atoms with Gasteiger partial charge in [-0.25, -0.2) is 0 Å². The molecule has 0 aromatic heterocycles. The quantitative estimate of drug-likeness (QED) is 0.0204. The van der Waals surface area contributed by atoms with Gasteiger partial charge in [-0.1, -0.05) is 242 Å². The number of aliphatic hydroxyl groups excluding tert-OH is 8. The van der Waals surface area contributed by atoms with Crippen LogP contribution in [0.4, 0.5) is 0 Å². The molecule has 78 heavy (non-hydrogen) atoms. The first-order valence-corrected chi connectivity index (χ1v) is 31.9. The smallest absolute Gasteiger partial charge is 0.220 e. The van der Waals surface area contributed by atoms with Crippen LogP contribution in [0, 0.1) is 0 Å². The molecule has 9 N–H and O–H groups in total. The number of hydrogen-bond acceptors (Lipinski definition) is 13. The lowest BCUT2D eigenvalue weighted by Gasteiger charge is -2.46. The van der Waals surface area contributed by atoms with Crippen LogP contribution < -0.4 is 5.32 Å². The lowest BCUT2D eigenvalue weighted by atomic mass is 9.97. The fraction of sp³-hybridized carbons (Fsp3) is 0.859. The molecule has 2 rings (SSSR count). The Bertz CT molecular complexity index is 1490. The number of unbranched alkanes of at least 4 members (excludes halogenated alkanes) is 32. The Labute approximate surface area is 473 Å². The van der Waals surface area contributed by atoms with Gasteiger partial charge in [-0.15, -0.1) is 0 Å². The maximum Gasteiger partial charge on any atom is 0.220 e. The van der Waals surface area contributed by atoms with Crippen LogP contribution in [0.1, 0.15) is 258 Å². The van der Waals surface area contributed by atoms with Crippen molar-refractivity contribution in [3.8, 4) is 0 Å². The molecule has 2 heterocycles. The molecule has 456 valence electrons. The maximum atomic E-state index is 13.3. The third-order valence-electron chi connectivity index (χ3n) is 15.5. The van der Waals surface area contributed by atoms with E-state index in [1.54, 1.807) is 6.08 Å². The Hall–Kier alpha value is -2.05. The standard InChI is InChI=1S/C64H117NO13/c1-3-5-7-9-11-13-15-17-19-21-22-23-24-25-26-27-28-29-30-32-34-36-38-40-42-44-46-48-56(69)65-52(53(68)47-45-43-41-39-37-35-33-31-20-18-16-14-12-10-8-6-4-2)51-75-63-61(74)59(72)62(55(50-67)77-63)78-64-60(73)58(71)57(70)54(49-66)76-64/h15,17,21-22,24-25,45,47,52-55,57-64,66-68,70-74H,3-14,16,18-20,23,26-44,46,48-51H2,1-2H3,(H,65,69)/b17-15-,22-21-,25-24-,47-45+. The zero-order valence-corrected chi connectivity index (χ0v) is 49.2. The second-order valence-corrected chi connectivity index (χ2v) is 22.5. The number of carbonyl (C=O) groups excluding carboxylic acids is 1. The van der Waals surface area contributed by atoms with Crippen molar-refractivity contribution >= 4 is 5.91 Å². The molecule has 12 unspecified atom stereocenters.